The largest absolute Gasteiger partial charge is 0.380 e. The van der Waals surface area contributed by atoms with Crippen molar-refractivity contribution in [3.05, 3.63) is 29.8 Å². The molecule has 60 valence electrons. The molecule has 11 heavy (non-hydrogen) atoms. The molecule has 0 amide bonds. The summed E-state index contributed by atoms with van der Waals surface area (Å²) in [4.78, 5) is 0. The van der Waals surface area contributed by atoms with Gasteiger partial charge in [-0.3, -0.25) is 4.55 Å². The zero-order chi connectivity index (χ0) is 8.27. The Morgan fingerprint density at radius 1 is 1.55 bits per heavy atom. The van der Waals surface area contributed by atoms with Crippen LogP contribution in [0.3, 0.4) is 0 Å². The topological polar surface area (TPSA) is 46.5 Å². The molecule has 0 fully saturated rings. The lowest BCUT2D eigenvalue weighted by Crippen LogP contribution is -1.96. The average molecular weight is 172 g/mol. The lowest BCUT2D eigenvalue weighted by atomic mass is 10.2. The summed E-state index contributed by atoms with van der Waals surface area (Å²) >= 11 is -2.22. The highest BCUT2D eigenvalue weighted by Crippen LogP contribution is 2.12. The van der Waals surface area contributed by atoms with Gasteiger partial charge < -0.3 is 4.18 Å². The van der Waals surface area contributed by atoms with Crippen LogP contribution in [0, 0.1) is 6.92 Å². The molecule has 1 rings (SSSR count). The zero-order valence-electron chi connectivity index (χ0n) is 5.98. The average Bonchev–Trinajstić information content (AvgIpc) is 1.85. The summed E-state index contributed by atoms with van der Waals surface area (Å²) < 4.78 is 23.0. The number of benzene rings is 1. The van der Waals surface area contributed by atoms with E-state index in [1.54, 1.807) is 18.2 Å². The summed E-state index contributed by atoms with van der Waals surface area (Å²) in [6.45, 7) is 1.88. The van der Waals surface area contributed by atoms with E-state index in [9.17, 15) is 4.21 Å². The number of aryl methyl sites for hydroxylation is 1. The van der Waals surface area contributed by atoms with Crippen molar-refractivity contribution in [2.45, 2.75) is 6.92 Å². The van der Waals surface area contributed by atoms with Gasteiger partial charge in [0.15, 0.2) is 0 Å². The zero-order valence-corrected chi connectivity index (χ0v) is 6.80. The molecule has 0 bridgehead atoms. The van der Waals surface area contributed by atoms with E-state index in [1.165, 1.54) is 0 Å². The van der Waals surface area contributed by atoms with Crippen LogP contribution in [0.4, 0.5) is 0 Å². The van der Waals surface area contributed by atoms with Crippen LogP contribution in [0.25, 0.3) is 0 Å². The smallest absolute Gasteiger partial charge is 0.357 e. The fourth-order valence-corrected chi connectivity index (χ4v) is 1.02. The van der Waals surface area contributed by atoms with Crippen molar-refractivity contribution in [1.29, 1.82) is 0 Å². The Bertz CT molecular complexity index is 272. The third kappa shape index (κ3) is 2.69. The van der Waals surface area contributed by atoms with Crippen molar-refractivity contribution in [3.8, 4) is 5.75 Å². The van der Waals surface area contributed by atoms with Gasteiger partial charge in [-0.1, -0.05) is 12.1 Å². The molecule has 0 aliphatic rings. The number of rotatable bonds is 2. The van der Waals surface area contributed by atoms with Gasteiger partial charge in [-0.2, -0.15) is 4.21 Å². The van der Waals surface area contributed by atoms with Gasteiger partial charge >= 0.3 is 11.4 Å². The molecule has 1 atom stereocenters. The summed E-state index contributed by atoms with van der Waals surface area (Å²) in [6, 6.07) is 6.96. The molecule has 0 heterocycles. The van der Waals surface area contributed by atoms with E-state index in [2.05, 4.69) is 4.18 Å². The van der Waals surface area contributed by atoms with E-state index in [0.29, 0.717) is 5.75 Å². The second-order valence-corrected chi connectivity index (χ2v) is 2.72. The van der Waals surface area contributed by atoms with Crippen molar-refractivity contribution in [1.82, 2.24) is 0 Å². The van der Waals surface area contributed by atoms with Gasteiger partial charge in [-0.15, -0.1) is 0 Å². The standard InChI is InChI=1S/C7H8O3S/c1-6-3-2-4-7(5-6)10-11(8)9/h2-5H,1H3,(H,8,9). The molecule has 0 aliphatic heterocycles. The maximum Gasteiger partial charge on any atom is 0.357 e. The van der Waals surface area contributed by atoms with Crippen molar-refractivity contribution < 1.29 is 12.9 Å². The summed E-state index contributed by atoms with van der Waals surface area (Å²) in [5, 5.41) is 0. The Kier molecular flexibility index (Phi) is 2.62. The molecule has 1 aromatic rings. The molecule has 3 nitrogen and oxygen atoms in total. The first-order chi connectivity index (χ1) is 5.18. The van der Waals surface area contributed by atoms with E-state index >= 15 is 0 Å². The molecule has 0 saturated heterocycles. The Morgan fingerprint density at radius 3 is 2.82 bits per heavy atom. The highest BCUT2D eigenvalue weighted by Gasteiger charge is 1.96. The monoisotopic (exact) mass is 172 g/mol. The number of hydrogen-bond donors (Lipinski definition) is 1. The summed E-state index contributed by atoms with van der Waals surface area (Å²) in [6.07, 6.45) is 0. The first-order valence-corrected chi connectivity index (χ1v) is 4.07. The maximum absolute atomic E-state index is 10.2. The predicted octanol–water partition coefficient (Wildman–Crippen LogP) is 1.51. The third-order valence-electron chi connectivity index (χ3n) is 1.16. The van der Waals surface area contributed by atoms with E-state index in [0.717, 1.165) is 5.56 Å². The predicted molar refractivity (Wildman–Crippen MR) is 42.6 cm³/mol. The second kappa shape index (κ2) is 3.50. The molecule has 1 N–H and O–H groups in total. The first-order valence-electron chi connectivity index (χ1n) is 3.04. The van der Waals surface area contributed by atoms with Crippen molar-refractivity contribution in [2.24, 2.45) is 0 Å². The molecule has 0 radical (unpaired) electrons. The first kappa shape index (κ1) is 8.23. The van der Waals surface area contributed by atoms with Gasteiger partial charge in [0.25, 0.3) is 0 Å². The van der Waals surface area contributed by atoms with Crippen molar-refractivity contribution in [2.75, 3.05) is 0 Å². The van der Waals surface area contributed by atoms with Gasteiger partial charge in [0.2, 0.25) is 0 Å². The van der Waals surface area contributed by atoms with Gasteiger partial charge in [-0.05, 0) is 24.6 Å². The molecule has 0 aromatic heterocycles. The fourth-order valence-electron chi connectivity index (χ4n) is 0.750. The van der Waals surface area contributed by atoms with Crippen LogP contribution in [-0.4, -0.2) is 8.76 Å². The number of hydrogen-bond acceptors (Lipinski definition) is 2. The van der Waals surface area contributed by atoms with Crippen LogP contribution in [0.2, 0.25) is 0 Å². The summed E-state index contributed by atoms with van der Waals surface area (Å²) in [7, 11) is 0. The normalized spacial score (nSPS) is 12.5. The minimum atomic E-state index is -2.22. The summed E-state index contributed by atoms with van der Waals surface area (Å²) in [5.41, 5.74) is 0.993. The van der Waals surface area contributed by atoms with Crippen LogP contribution in [-0.2, 0) is 11.4 Å². The van der Waals surface area contributed by atoms with E-state index in [4.69, 9.17) is 4.55 Å². The van der Waals surface area contributed by atoms with Crippen LogP contribution < -0.4 is 4.18 Å². The lowest BCUT2D eigenvalue weighted by Gasteiger charge is -1.99. The molecule has 0 aliphatic carbocycles. The third-order valence-corrected chi connectivity index (χ3v) is 1.49. The Balaban J connectivity index is 2.79. The van der Waals surface area contributed by atoms with Crippen LogP contribution >= 0.6 is 0 Å². The lowest BCUT2D eigenvalue weighted by molar-refractivity contribution is 0.458. The van der Waals surface area contributed by atoms with Crippen LogP contribution in [0.15, 0.2) is 24.3 Å². The van der Waals surface area contributed by atoms with Crippen molar-refractivity contribution in [3.63, 3.8) is 0 Å². The molecule has 4 heteroatoms. The Labute approximate surface area is 67.5 Å². The fraction of sp³-hybridized carbons (Fsp3) is 0.143. The highest BCUT2D eigenvalue weighted by atomic mass is 32.2. The van der Waals surface area contributed by atoms with Gasteiger partial charge in [0.05, 0.1) is 0 Å². The highest BCUT2D eigenvalue weighted by molar-refractivity contribution is 7.74. The van der Waals surface area contributed by atoms with Gasteiger partial charge in [0.1, 0.15) is 5.75 Å². The van der Waals surface area contributed by atoms with Crippen LogP contribution in [0.5, 0.6) is 5.75 Å². The molecular formula is C7H8O3S. The molecule has 0 saturated carbocycles. The molecule has 0 spiro atoms. The van der Waals surface area contributed by atoms with Crippen LogP contribution in [0.1, 0.15) is 5.56 Å². The Hall–Kier alpha value is -0.870. The van der Waals surface area contributed by atoms with Gasteiger partial charge in [-0.25, -0.2) is 0 Å². The second-order valence-electron chi connectivity index (χ2n) is 2.12. The van der Waals surface area contributed by atoms with Gasteiger partial charge in [0, 0.05) is 0 Å². The minimum absolute atomic E-state index is 0.408. The SMILES string of the molecule is Cc1cccc(OS(=O)O)c1. The van der Waals surface area contributed by atoms with E-state index in [1.807, 2.05) is 13.0 Å². The molecule has 1 unspecified atom stereocenters. The minimum Gasteiger partial charge on any atom is -0.380 e. The molecular weight excluding hydrogens is 164 g/mol. The van der Waals surface area contributed by atoms with E-state index < -0.39 is 11.4 Å². The maximum atomic E-state index is 10.2. The summed E-state index contributed by atoms with van der Waals surface area (Å²) in [5.74, 6) is 0.408. The quantitative estimate of drug-likeness (QED) is 0.688. The Morgan fingerprint density at radius 2 is 2.27 bits per heavy atom. The van der Waals surface area contributed by atoms with Crippen molar-refractivity contribution >= 4 is 11.4 Å². The molecule has 1 aromatic carbocycles. The van der Waals surface area contributed by atoms with E-state index in [-0.39, 0.29) is 0 Å².